The van der Waals surface area contributed by atoms with Crippen molar-refractivity contribution in [3.8, 4) is 0 Å². The van der Waals surface area contributed by atoms with Gasteiger partial charge >= 0.3 is 5.76 Å². The number of nitrogens with zero attached hydrogens (tertiary/aromatic N) is 2. The van der Waals surface area contributed by atoms with E-state index in [4.69, 9.17) is 4.42 Å². The lowest BCUT2D eigenvalue weighted by atomic mass is 10.1. The average Bonchev–Trinajstić information content (AvgIpc) is 3.00. The van der Waals surface area contributed by atoms with E-state index in [2.05, 4.69) is 51.6 Å². The lowest BCUT2D eigenvalue weighted by Crippen LogP contribution is -2.03. The first-order valence-corrected chi connectivity index (χ1v) is 8.56. The molecular weight excluding hydrogens is 342 g/mol. The lowest BCUT2D eigenvalue weighted by Gasteiger charge is -2.12. The van der Waals surface area contributed by atoms with Gasteiger partial charge in [-0.15, -0.1) is 0 Å². The molecule has 0 saturated carbocycles. The van der Waals surface area contributed by atoms with Crippen LogP contribution in [-0.4, -0.2) is 15.0 Å². The zero-order valence-electron chi connectivity index (χ0n) is 15.3. The van der Waals surface area contributed by atoms with E-state index in [1.54, 1.807) is 18.3 Å². The fourth-order valence-corrected chi connectivity index (χ4v) is 2.74. The molecule has 2 heterocycles. The molecule has 7 heteroatoms. The van der Waals surface area contributed by atoms with E-state index in [0.717, 1.165) is 16.9 Å². The highest BCUT2D eigenvalue weighted by Crippen LogP contribution is 2.23. The van der Waals surface area contributed by atoms with E-state index in [9.17, 15) is 4.79 Å². The number of aryl methyl sites for hydroxylation is 3. The Labute approximate surface area is 155 Å². The van der Waals surface area contributed by atoms with E-state index in [-0.39, 0.29) is 0 Å². The van der Waals surface area contributed by atoms with Crippen molar-refractivity contribution in [2.75, 3.05) is 10.6 Å². The summed E-state index contributed by atoms with van der Waals surface area (Å²) in [6.07, 6.45) is 1.76. The fourth-order valence-electron chi connectivity index (χ4n) is 2.74. The predicted molar refractivity (Wildman–Crippen MR) is 106 cm³/mol. The number of anilines is 4. The Bertz CT molecular complexity index is 1190. The molecule has 27 heavy (non-hydrogen) atoms. The van der Waals surface area contributed by atoms with Crippen molar-refractivity contribution in [1.82, 2.24) is 15.0 Å². The van der Waals surface area contributed by atoms with Crippen LogP contribution in [0.3, 0.4) is 0 Å². The third kappa shape index (κ3) is 3.52. The third-order valence-corrected chi connectivity index (χ3v) is 4.42. The van der Waals surface area contributed by atoms with Crippen molar-refractivity contribution in [2.24, 2.45) is 0 Å². The molecule has 0 fully saturated rings. The molecule has 0 spiro atoms. The van der Waals surface area contributed by atoms with Crippen LogP contribution in [0.25, 0.3) is 11.1 Å². The molecule has 4 aromatic rings. The average molecular weight is 361 g/mol. The zero-order valence-corrected chi connectivity index (χ0v) is 15.3. The van der Waals surface area contributed by atoms with Crippen molar-refractivity contribution in [2.45, 2.75) is 20.8 Å². The molecule has 3 N–H and O–H groups in total. The molecule has 2 aromatic heterocycles. The van der Waals surface area contributed by atoms with Gasteiger partial charge in [-0.25, -0.2) is 9.78 Å². The maximum absolute atomic E-state index is 11.3. The van der Waals surface area contributed by atoms with Gasteiger partial charge < -0.3 is 15.1 Å². The summed E-state index contributed by atoms with van der Waals surface area (Å²) in [5, 5.41) is 6.50. The van der Waals surface area contributed by atoms with Crippen LogP contribution < -0.4 is 16.4 Å². The summed E-state index contributed by atoms with van der Waals surface area (Å²) in [6.45, 7) is 6.08. The van der Waals surface area contributed by atoms with Crippen molar-refractivity contribution in [3.63, 3.8) is 0 Å². The molecule has 7 nitrogen and oxygen atoms in total. The Morgan fingerprint density at radius 2 is 1.70 bits per heavy atom. The molecule has 136 valence electrons. The quantitative estimate of drug-likeness (QED) is 0.501. The molecule has 0 saturated heterocycles. The number of hydrogen-bond donors (Lipinski definition) is 3. The van der Waals surface area contributed by atoms with E-state index >= 15 is 0 Å². The van der Waals surface area contributed by atoms with Crippen LogP contribution in [0.15, 0.2) is 51.8 Å². The Hall–Kier alpha value is -3.61. The normalized spacial score (nSPS) is 10.9. The van der Waals surface area contributed by atoms with Crippen molar-refractivity contribution < 1.29 is 4.42 Å². The molecular formula is C20H19N5O2. The molecule has 0 unspecified atom stereocenters. The number of fused-ring (bicyclic) bond motifs is 1. The minimum Gasteiger partial charge on any atom is -0.408 e. The first-order chi connectivity index (χ1) is 13.0. The molecule has 0 atom stereocenters. The summed E-state index contributed by atoms with van der Waals surface area (Å²) < 4.78 is 5.03. The standard InChI is InChI=1S/C20H19N5O2/c1-11-4-5-14(8-12(11)2)23-19-21-10-13(3)18(25-19)22-15-6-7-17-16(9-15)24-20(26)27-17/h4-10H,1-3H3,(H,24,26)(H2,21,22,23,25). The molecule has 0 aliphatic carbocycles. The molecule has 4 rings (SSSR count). The number of nitrogens with one attached hydrogen (secondary N) is 3. The zero-order chi connectivity index (χ0) is 19.0. The Balaban J connectivity index is 1.61. The highest BCUT2D eigenvalue weighted by Gasteiger charge is 2.07. The van der Waals surface area contributed by atoms with Crippen LogP contribution in [0.1, 0.15) is 16.7 Å². The van der Waals surface area contributed by atoms with Gasteiger partial charge in [-0.1, -0.05) is 6.07 Å². The predicted octanol–water partition coefficient (Wildman–Crippen LogP) is 4.32. The number of aromatic nitrogens is 3. The van der Waals surface area contributed by atoms with Gasteiger partial charge in [-0.05, 0) is 62.2 Å². The summed E-state index contributed by atoms with van der Waals surface area (Å²) in [6, 6.07) is 11.5. The van der Waals surface area contributed by atoms with Crippen LogP contribution in [0.4, 0.5) is 23.1 Å². The van der Waals surface area contributed by atoms with E-state index in [0.29, 0.717) is 22.9 Å². The van der Waals surface area contributed by atoms with Crippen LogP contribution in [0, 0.1) is 20.8 Å². The van der Waals surface area contributed by atoms with E-state index in [1.807, 2.05) is 19.1 Å². The maximum Gasteiger partial charge on any atom is 0.417 e. The number of H-pyrrole nitrogens is 1. The van der Waals surface area contributed by atoms with Crippen molar-refractivity contribution in [3.05, 3.63) is 69.8 Å². The second-order valence-corrected chi connectivity index (χ2v) is 6.50. The largest absolute Gasteiger partial charge is 0.417 e. The first-order valence-electron chi connectivity index (χ1n) is 8.56. The SMILES string of the molecule is Cc1ccc(Nc2ncc(C)c(Nc3ccc4oc(=O)[nH]c4c3)n2)cc1C. The first kappa shape index (κ1) is 16.8. The molecule has 2 aromatic carbocycles. The highest BCUT2D eigenvalue weighted by molar-refractivity contribution is 5.78. The molecule has 0 aliphatic heterocycles. The third-order valence-electron chi connectivity index (χ3n) is 4.42. The number of hydrogen-bond acceptors (Lipinski definition) is 6. The van der Waals surface area contributed by atoms with Crippen LogP contribution >= 0.6 is 0 Å². The second kappa shape index (κ2) is 6.60. The van der Waals surface area contributed by atoms with Gasteiger partial charge in [0, 0.05) is 23.1 Å². The molecule has 0 bridgehead atoms. The van der Waals surface area contributed by atoms with Gasteiger partial charge in [-0.3, -0.25) is 4.98 Å². The van der Waals surface area contributed by atoms with E-state index in [1.165, 1.54) is 11.1 Å². The summed E-state index contributed by atoms with van der Waals surface area (Å²) in [4.78, 5) is 22.9. The molecule has 0 radical (unpaired) electrons. The smallest absolute Gasteiger partial charge is 0.408 e. The van der Waals surface area contributed by atoms with E-state index < -0.39 is 5.76 Å². The Morgan fingerprint density at radius 1 is 0.926 bits per heavy atom. The fraction of sp³-hybridized carbons (Fsp3) is 0.150. The molecule has 0 amide bonds. The summed E-state index contributed by atoms with van der Waals surface area (Å²) in [5.41, 5.74) is 6.21. The number of benzene rings is 2. The van der Waals surface area contributed by atoms with Crippen molar-refractivity contribution >= 4 is 34.2 Å². The van der Waals surface area contributed by atoms with Crippen LogP contribution in [-0.2, 0) is 0 Å². The minimum atomic E-state index is -0.472. The maximum atomic E-state index is 11.3. The van der Waals surface area contributed by atoms with Gasteiger partial charge in [0.05, 0.1) is 5.52 Å². The van der Waals surface area contributed by atoms with Gasteiger partial charge in [-0.2, -0.15) is 4.98 Å². The topological polar surface area (TPSA) is 95.8 Å². The number of oxazole rings is 1. The lowest BCUT2D eigenvalue weighted by molar-refractivity contribution is 0.555. The van der Waals surface area contributed by atoms with Crippen molar-refractivity contribution in [1.29, 1.82) is 0 Å². The molecule has 0 aliphatic rings. The monoisotopic (exact) mass is 361 g/mol. The number of aromatic amines is 1. The van der Waals surface area contributed by atoms with Gasteiger partial charge in [0.1, 0.15) is 5.82 Å². The summed E-state index contributed by atoms with van der Waals surface area (Å²) in [5.74, 6) is 0.714. The summed E-state index contributed by atoms with van der Waals surface area (Å²) in [7, 11) is 0. The van der Waals surface area contributed by atoms with Gasteiger partial charge in [0.15, 0.2) is 5.58 Å². The minimum absolute atomic E-state index is 0.472. The van der Waals surface area contributed by atoms with Gasteiger partial charge in [0.2, 0.25) is 5.95 Å². The van der Waals surface area contributed by atoms with Crippen LogP contribution in [0.2, 0.25) is 0 Å². The highest BCUT2D eigenvalue weighted by atomic mass is 16.4. The second-order valence-electron chi connectivity index (χ2n) is 6.50. The van der Waals surface area contributed by atoms with Crippen LogP contribution in [0.5, 0.6) is 0 Å². The number of rotatable bonds is 4. The Morgan fingerprint density at radius 3 is 2.52 bits per heavy atom. The van der Waals surface area contributed by atoms with Gasteiger partial charge in [0.25, 0.3) is 0 Å². The summed E-state index contributed by atoms with van der Waals surface area (Å²) >= 11 is 0. The Kier molecular flexibility index (Phi) is 4.12.